The van der Waals surface area contributed by atoms with E-state index in [4.69, 9.17) is 4.74 Å². The second kappa shape index (κ2) is 9.11. The van der Waals surface area contributed by atoms with Crippen molar-refractivity contribution in [2.75, 3.05) is 13.1 Å². The molecule has 2 aromatic rings. The van der Waals surface area contributed by atoms with Crippen LogP contribution in [0.3, 0.4) is 0 Å². The summed E-state index contributed by atoms with van der Waals surface area (Å²) >= 11 is 1.01. The van der Waals surface area contributed by atoms with Gasteiger partial charge in [-0.3, -0.25) is 4.79 Å². The quantitative estimate of drug-likeness (QED) is 0.618. The van der Waals surface area contributed by atoms with E-state index in [1.807, 2.05) is 0 Å². The molecule has 31 heavy (non-hydrogen) atoms. The first-order valence-electron chi connectivity index (χ1n) is 11.2. The molecule has 0 amide bonds. The molecule has 1 saturated heterocycles. The van der Waals surface area contributed by atoms with Gasteiger partial charge in [0.1, 0.15) is 22.0 Å². The van der Waals surface area contributed by atoms with Crippen LogP contribution in [0, 0.1) is 23.7 Å². The van der Waals surface area contributed by atoms with Crippen molar-refractivity contribution in [2.45, 2.75) is 63.9 Å². The molecule has 4 rings (SSSR count). The van der Waals surface area contributed by atoms with Gasteiger partial charge in [-0.15, -0.1) is 0 Å². The summed E-state index contributed by atoms with van der Waals surface area (Å²) in [4.78, 5) is 13.1. The second-order valence-electron chi connectivity index (χ2n) is 9.37. The number of nitrogens with zero attached hydrogens (tertiary/aromatic N) is 3. The fourth-order valence-electron chi connectivity index (χ4n) is 4.96. The van der Waals surface area contributed by atoms with Crippen LogP contribution in [0.25, 0.3) is 11.0 Å². The number of hydrogen-bond acceptors (Lipinski definition) is 7. The van der Waals surface area contributed by atoms with Crippen molar-refractivity contribution >= 4 is 38.8 Å². The molecule has 2 heterocycles. The molecule has 1 aromatic heterocycles. The minimum Gasteiger partial charge on any atom is -0.462 e. The Kier molecular flexibility index (Phi) is 6.65. The summed E-state index contributed by atoms with van der Waals surface area (Å²) in [5, 5.41) is 0. The summed E-state index contributed by atoms with van der Waals surface area (Å²) in [6.07, 6.45) is 4.16. The SMILES string of the molecule is CC(C)[C@@H]1CC[C@H](C)C[C@@H]1OC(=O)C1CCN(S(=O)(=O)c2cccc3nsnc23)CC1. The van der Waals surface area contributed by atoms with E-state index in [9.17, 15) is 13.2 Å². The maximum absolute atomic E-state index is 13.2. The van der Waals surface area contributed by atoms with Gasteiger partial charge in [-0.1, -0.05) is 33.3 Å². The lowest BCUT2D eigenvalue weighted by molar-refractivity contribution is -0.162. The van der Waals surface area contributed by atoms with E-state index in [0.29, 0.717) is 54.7 Å². The number of piperidine rings is 1. The Morgan fingerprint density at radius 2 is 1.90 bits per heavy atom. The first-order valence-corrected chi connectivity index (χ1v) is 13.4. The van der Waals surface area contributed by atoms with E-state index < -0.39 is 10.0 Å². The second-order valence-corrected chi connectivity index (χ2v) is 11.8. The van der Waals surface area contributed by atoms with E-state index >= 15 is 0 Å². The Morgan fingerprint density at radius 1 is 1.16 bits per heavy atom. The average Bonchev–Trinajstić information content (AvgIpc) is 3.22. The third kappa shape index (κ3) is 4.64. The molecule has 0 spiro atoms. The minimum absolute atomic E-state index is 0.0206. The monoisotopic (exact) mass is 465 g/mol. The Labute approximate surface area is 188 Å². The van der Waals surface area contributed by atoms with Gasteiger partial charge in [-0.2, -0.15) is 13.1 Å². The molecular weight excluding hydrogens is 434 g/mol. The Morgan fingerprint density at radius 3 is 2.61 bits per heavy atom. The number of carbonyl (C=O) groups excluding carboxylic acids is 1. The van der Waals surface area contributed by atoms with Crippen molar-refractivity contribution in [3.63, 3.8) is 0 Å². The van der Waals surface area contributed by atoms with Crippen LogP contribution in [0.4, 0.5) is 0 Å². The lowest BCUT2D eigenvalue weighted by atomic mass is 9.75. The summed E-state index contributed by atoms with van der Waals surface area (Å²) in [5.41, 5.74) is 1.01. The van der Waals surface area contributed by atoms with Gasteiger partial charge in [-0.05, 0) is 55.6 Å². The summed E-state index contributed by atoms with van der Waals surface area (Å²) in [6, 6.07) is 5.03. The molecule has 0 N–H and O–H groups in total. The van der Waals surface area contributed by atoms with Crippen molar-refractivity contribution in [1.29, 1.82) is 0 Å². The van der Waals surface area contributed by atoms with E-state index in [2.05, 4.69) is 29.5 Å². The maximum atomic E-state index is 13.2. The number of benzene rings is 1. The van der Waals surface area contributed by atoms with Gasteiger partial charge in [0.15, 0.2) is 0 Å². The van der Waals surface area contributed by atoms with Crippen molar-refractivity contribution in [3.8, 4) is 0 Å². The molecule has 1 aliphatic carbocycles. The highest BCUT2D eigenvalue weighted by molar-refractivity contribution is 7.89. The fraction of sp³-hybridized carbons (Fsp3) is 0.682. The molecule has 2 aliphatic rings. The Balaban J connectivity index is 1.40. The van der Waals surface area contributed by atoms with Gasteiger partial charge in [0.25, 0.3) is 0 Å². The summed E-state index contributed by atoms with van der Waals surface area (Å²) in [6.45, 7) is 7.24. The molecule has 2 fully saturated rings. The zero-order valence-corrected chi connectivity index (χ0v) is 20.0. The number of aromatic nitrogens is 2. The number of rotatable bonds is 5. The molecule has 170 valence electrons. The largest absolute Gasteiger partial charge is 0.462 e. The Bertz CT molecular complexity index is 1030. The minimum atomic E-state index is -3.68. The van der Waals surface area contributed by atoms with Gasteiger partial charge in [0.05, 0.1) is 17.6 Å². The standard InChI is InChI=1S/C22H31N3O4S2/c1-14(2)17-8-7-15(3)13-19(17)29-22(26)16-9-11-25(12-10-16)31(27,28)20-6-4-5-18-21(20)24-30-23-18/h4-6,14-17,19H,7-13H2,1-3H3/t15-,17-,19-/m0/s1. The predicted octanol–water partition coefficient (Wildman–Crippen LogP) is 4.10. The Hall–Kier alpha value is -1.58. The van der Waals surface area contributed by atoms with Crippen LogP contribution in [0.1, 0.15) is 52.9 Å². The molecule has 0 radical (unpaired) electrons. The molecule has 1 saturated carbocycles. The number of hydrogen-bond donors (Lipinski definition) is 0. The molecule has 1 aliphatic heterocycles. The van der Waals surface area contributed by atoms with Crippen LogP contribution in [-0.2, 0) is 19.6 Å². The number of ether oxygens (including phenoxy) is 1. The molecule has 1 aromatic carbocycles. The van der Waals surface area contributed by atoms with Crippen LogP contribution >= 0.6 is 11.7 Å². The van der Waals surface area contributed by atoms with Gasteiger partial charge in [0, 0.05) is 13.1 Å². The summed E-state index contributed by atoms with van der Waals surface area (Å²) in [7, 11) is -3.68. The number of fused-ring (bicyclic) bond motifs is 1. The lowest BCUT2D eigenvalue weighted by Gasteiger charge is -2.38. The maximum Gasteiger partial charge on any atom is 0.309 e. The molecule has 3 atom stereocenters. The van der Waals surface area contributed by atoms with E-state index in [1.54, 1.807) is 18.2 Å². The van der Waals surface area contributed by atoms with Gasteiger partial charge in [-0.25, -0.2) is 8.42 Å². The van der Waals surface area contributed by atoms with Gasteiger partial charge >= 0.3 is 5.97 Å². The van der Waals surface area contributed by atoms with E-state index in [0.717, 1.165) is 24.6 Å². The zero-order valence-electron chi connectivity index (χ0n) is 18.4. The highest BCUT2D eigenvalue weighted by Gasteiger charge is 2.37. The normalized spacial score (nSPS) is 26.4. The average molecular weight is 466 g/mol. The van der Waals surface area contributed by atoms with Crippen LogP contribution in [-0.4, -0.2) is 46.6 Å². The third-order valence-corrected chi connectivity index (χ3v) is 9.36. The van der Waals surface area contributed by atoms with Crippen LogP contribution < -0.4 is 0 Å². The number of carbonyl (C=O) groups is 1. The molecule has 0 unspecified atom stereocenters. The van der Waals surface area contributed by atoms with Crippen molar-refractivity contribution in [1.82, 2.24) is 13.1 Å². The molecule has 0 bridgehead atoms. The smallest absolute Gasteiger partial charge is 0.309 e. The number of esters is 1. The predicted molar refractivity (Wildman–Crippen MR) is 120 cm³/mol. The summed E-state index contributed by atoms with van der Waals surface area (Å²) in [5.74, 6) is 1.07. The highest BCUT2D eigenvalue weighted by atomic mass is 32.2. The first kappa shape index (κ1) is 22.6. The molecule has 7 nitrogen and oxygen atoms in total. The van der Waals surface area contributed by atoms with Gasteiger partial charge < -0.3 is 4.74 Å². The zero-order chi connectivity index (χ0) is 22.2. The highest BCUT2D eigenvalue weighted by Crippen LogP contribution is 2.36. The first-order chi connectivity index (χ1) is 14.8. The molecule has 9 heteroatoms. The van der Waals surface area contributed by atoms with Crippen LogP contribution in [0.5, 0.6) is 0 Å². The summed E-state index contributed by atoms with van der Waals surface area (Å²) < 4.78 is 42.2. The molecular formula is C22H31N3O4S2. The van der Waals surface area contributed by atoms with Gasteiger partial charge in [0.2, 0.25) is 10.0 Å². The van der Waals surface area contributed by atoms with Crippen molar-refractivity contribution in [3.05, 3.63) is 18.2 Å². The fourth-order valence-corrected chi connectivity index (χ4v) is 7.18. The third-order valence-electron chi connectivity index (χ3n) is 6.88. The van der Waals surface area contributed by atoms with Crippen molar-refractivity contribution in [2.24, 2.45) is 23.7 Å². The topological polar surface area (TPSA) is 89.5 Å². The number of sulfonamides is 1. The van der Waals surface area contributed by atoms with Crippen LogP contribution in [0.15, 0.2) is 23.1 Å². The van der Waals surface area contributed by atoms with Crippen molar-refractivity contribution < 1.29 is 17.9 Å². The lowest BCUT2D eigenvalue weighted by Crippen LogP contribution is -2.42. The van der Waals surface area contributed by atoms with Crippen LogP contribution in [0.2, 0.25) is 0 Å². The van der Waals surface area contributed by atoms with E-state index in [1.165, 1.54) is 10.7 Å². The van der Waals surface area contributed by atoms with E-state index in [-0.39, 0.29) is 22.9 Å².